The zero-order chi connectivity index (χ0) is 19.5. The molecule has 0 saturated carbocycles. The number of rotatable bonds is 10. The van der Waals surface area contributed by atoms with E-state index in [-0.39, 0.29) is 12.3 Å². The maximum absolute atomic E-state index is 12.5. The molecule has 0 aliphatic carbocycles. The zero-order valence-electron chi connectivity index (χ0n) is 15.3. The van der Waals surface area contributed by atoms with E-state index >= 15 is 0 Å². The fraction of sp³-hybridized carbons (Fsp3) is 0.611. The van der Waals surface area contributed by atoms with Gasteiger partial charge in [-0.25, -0.2) is 0 Å². The molecule has 1 aromatic carbocycles. The van der Waals surface area contributed by atoms with Crippen LogP contribution in [0.25, 0.3) is 0 Å². The van der Waals surface area contributed by atoms with Crippen LogP contribution >= 0.6 is 11.6 Å². The molecule has 1 fully saturated rings. The van der Waals surface area contributed by atoms with Crippen molar-refractivity contribution in [1.82, 2.24) is 10.6 Å². The van der Waals surface area contributed by atoms with Crippen LogP contribution in [-0.4, -0.2) is 52.6 Å². The van der Waals surface area contributed by atoms with E-state index in [0.29, 0.717) is 35.6 Å². The lowest BCUT2D eigenvalue weighted by Gasteiger charge is -2.15. The molecule has 6 nitrogen and oxygen atoms in total. The SMILES string of the molecule is CN=C(NCCCOCC1CCOC1)NCc1cc(Cl)ccc1OC(F)F. The van der Waals surface area contributed by atoms with Crippen LogP contribution in [0, 0.1) is 5.92 Å². The van der Waals surface area contributed by atoms with Gasteiger partial charge in [0.25, 0.3) is 0 Å². The number of hydrogen-bond donors (Lipinski definition) is 2. The van der Waals surface area contributed by atoms with Gasteiger partial charge in [-0.05, 0) is 31.0 Å². The van der Waals surface area contributed by atoms with E-state index < -0.39 is 6.61 Å². The largest absolute Gasteiger partial charge is 0.434 e. The lowest BCUT2D eigenvalue weighted by atomic mass is 10.1. The smallest absolute Gasteiger partial charge is 0.387 e. The first-order valence-electron chi connectivity index (χ1n) is 8.91. The summed E-state index contributed by atoms with van der Waals surface area (Å²) in [4.78, 5) is 4.11. The van der Waals surface area contributed by atoms with Gasteiger partial charge in [-0.2, -0.15) is 8.78 Å². The minimum absolute atomic E-state index is 0.0849. The van der Waals surface area contributed by atoms with Gasteiger partial charge in [0.05, 0.1) is 13.2 Å². The first-order valence-corrected chi connectivity index (χ1v) is 9.29. The monoisotopic (exact) mass is 405 g/mol. The Balaban J connectivity index is 1.68. The number of alkyl halides is 2. The van der Waals surface area contributed by atoms with Gasteiger partial charge >= 0.3 is 6.61 Å². The minimum Gasteiger partial charge on any atom is -0.434 e. The van der Waals surface area contributed by atoms with Crippen molar-refractivity contribution in [1.29, 1.82) is 0 Å². The molecule has 1 saturated heterocycles. The highest BCUT2D eigenvalue weighted by atomic mass is 35.5. The Morgan fingerprint density at radius 2 is 2.26 bits per heavy atom. The van der Waals surface area contributed by atoms with Crippen LogP contribution in [0.3, 0.4) is 0 Å². The van der Waals surface area contributed by atoms with Crippen molar-refractivity contribution in [3.05, 3.63) is 28.8 Å². The Labute approximate surface area is 163 Å². The predicted molar refractivity (Wildman–Crippen MR) is 101 cm³/mol. The van der Waals surface area contributed by atoms with Gasteiger partial charge in [-0.1, -0.05) is 11.6 Å². The fourth-order valence-electron chi connectivity index (χ4n) is 2.64. The third kappa shape index (κ3) is 8.28. The van der Waals surface area contributed by atoms with Gasteiger partial charge in [0.15, 0.2) is 5.96 Å². The third-order valence-electron chi connectivity index (χ3n) is 4.04. The second kappa shape index (κ2) is 11.9. The van der Waals surface area contributed by atoms with E-state index in [0.717, 1.165) is 32.7 Å². The molecule has 1 aliphatic heterocycles. The number of nitrogens with zero attached hydrogens (tertiary/aromatic N) is 1. The first kappa shape index (κ1) is 21.7. The van der Waals surface area contributed by atoms with E-state index in [2.05, 4.69) is 20.4 Å². The zero-order valence-corrected chi connectivity index (χ0v) is 16.1. The summed E-state index contributed by atoms with van der Waals surface area (Å²) >= 11 is 5.94. The molecule has 1 unspecified atom stereocenters. The average molecular weight is 406 g/mol. The molecule has 1 aliphatic rings. The maximum atomic E-state index is 12.5. The molecule has 0 radical (unpaired) electrons. The summed E-state index contributed by atoms with van der Waals surface area (Å²) in [5.74, 6) is 1.15. The van der Waals surface area contributed by atoms with Gasteiger partial charge < -0.3 is 24.8 Å². The van der Waals surface area contributed by atoms with E-state index in [1.165, 1.54) is 12.1 Å². The van der Waals surface area contributed by atoms with E-state index in [1.54, 1.807) is 13.1 Å². The molecule has 27 heavy (non-hydrogen) atoms. The van der Waals surface area contributed by atoms with Crippen LogP contribution < -0.4 is 15.4 Å². The molecule has 1 heterocycles. The van der Waals surface area contributed by atoms with Gasteiger partial charge in [0.1, 0.15) is 5.75 Å². The highest BCUT2D eigenvalue weighted by molar-refractivity contribution is 6.30. The Hall–Kier alpha value is -1.64. The summed E-state index contributed by atoms with van der Waals surface area (Å²) in [7, 11) is 1.64. The molecule has 9 heteroatoms. The van der Waals surface area contributed by atoms with Crippen molar-refractivity contribution in [2.24, 2.45) is 10.9 Å². The summed E-state index contributed by atoms with van der Waals surface area (Å²) in [6, 6.07) is 4.52. The standard InChI is InChI=1S/C18H26ClF2N3O3/c1-22-18(23-6-2-7-25-11-13-5-8-26-12-13)24-10-14-9-15(19)3-4-16(14)27-17(20)21/h3-4,9,13,17H,2,5-8,10-12H2,1H3,(H2,22,23,24). The van der Waals surface area contributed by atoms with Gasteiger partial charge in [0.2, 0.25) is 0 Å². The minimum atomic E-state index is -2.89. The molecule has 0 spiro atoms. The number of nitrogens with one attached hydrogen (secondary N) is 2. The Bertz CT molecular complexity index is 599. The molecule has 152 valence electrons. The van der Waals surface area contributed by atoms with Gasteiger partial charge in [-0.3, -0.25) is 4.99 Å². The highest BCUT2D eigenvalue weighted by Crippen LogP contribution is 2.24. The van der Waals surface area contributed by atoms with Gasteiger partial charge in [0, 0.05) is 49.9 Å². The lowest BCUT2D eigenvalue weighted by molar-refractivity contribution is -0.0504. The number of halogens is 3. The summed E-state index contributed by atoms with van der Waals surface area (Å²) in [6.45, 7) is 1.04. The van der Waals surface area contributed by atoms with Crippen LogP contribution in [0.5, 0.6) is 5.75 Å². The Morgan fingerprint density at radius 1 is 1.41 bits per heavy atom. The summed E-state index contributed by atoms with van der Waals surface area (Å²) in [5, 5.41) is 6.66. The normalized spacial score (nSPS) is 17.4. The second-order valence-corrected chi connectivity index (χ2v) is 6.58. The summed E-state index contributed by atoms with van der Waals surface area (Å²) < 4.78 is 40.5. The van der Waals surface area contributed by atoms with Crippen LogP contribution in [0.15, 0.2) is 23.2 Å². The molecule has 2 N–H and O–H groups in total. The van der Waals surface area contributed by atoms with Crippen LogP contribution in [0.1, 0.15) is 18.4 Å². The van der Waals surface area contributed by atoms with E-state index in [4.69, 9.17) is 21.1 Å². The fourth-order valence-corrected chi connectivity index (χ4v) is 2.84. The predicted octanol–water partition coefficient (Wildman–Crippen LogP) is 3.05. The number of benzene rings is 1. The average Bonchev–Trinajstić information content (AvgIpc) is 3.15. The molecule has 0 bridgehead atoms. The van der Waals surface area contributed by atoms with Crippen LogP contribution in [0.4, 0.5) is 8.78 Å². The molecule has 0 amide bonds. The summed E-state index contributed by atoms with van der Waals surface area (Å²) in [6.07, 6.45) is 1.89. The highest BCUT2D eigenvalue weighted by Gasteiger charge is 2.15. The lowest BCUT2D eigenvalue weighted by Crippen LogP contribution is -2.37. The number of ether oxygens (including phenoxy) is 3. The van der Waals surface area contributed by atoms with Crippen molar-refractivity contribution in [2.75, 3.05) is 40.0 Å². The van der Waals surface area contributed by atoms with E-state index in [1.807, 2.05) is 0 Å². The van der Waals surface area contributed by atoms with Crippen molar-refractivity contribution in [3.63, 3.8) is 0 Å². The molecule has 1 aromatic rings. The molecule has 1 atom stereocenters. The Morgan fingerprint density at radius 3 is 2.96 bits per heavy atom. The third-order valence-corrected chi connectivity index (χ3v) is 4.28. The van der Waals surface area contributed by atoms with Gasteiger partial charge in [-0.15, -0.1) is 0 Å². The molecule has 0 aromatic heterocycles. The van der Waals surface area contributed by atoms with Crippen molar-refractivity contribution >= 4 is 17.6 Å². The first-order chi connectivity index (χ1) is 13.1. The van der Waals surface area contributed by atoms with Crippen molar-refractivity contribution in [3.8, 4) is 5.75 Å². The summed E-state index contributed by atoms with van der Waals surface area (Å²) in [5.41, 5.74) is 0.521. The number of guanidine groups is 1. The van der Waals surface area contributed by atoms with Crippen molar-refractivity contribution < 1.29 is 23.0 Å². The topological polar surface area (TPSA) is 64.1 Å². The van der Waals surface area contributed by atoms with Crippen molar-refractivity contribution in [2.45, 2.75) is 26.0 Å². The number of hydrogen-bond acceptors (Lipinski definition) is 4. The molecular formula is C18H26ClF2N3O3. The maximum Gasteiger partial charge on any atom is 0.387 e. The van der Waals surface area contributed by atoms with Crippen LogP contribution in [0.2, 0.25) is 5.02 Å². The molecular weight excluding hydrogens is 380 g/mol. The molecule has 2 rings (SSSR count). The number of aliphatic imine (C=N–C) groups is 1. The quantitative estimate of drug-likeness (QED) is 0.356. The second-order valence-electron chi connectivity index (χ2n) is 6.14. The Kier molecular flexibility index (Phi) is 9.58. The van der Waals surface area contributed by atoms with E-state index in [9.17, 15) is 8.78 Å². The van der Waals surface area contributed by atoms with Crippen LogP contribution in [-0.2, 0) is 16.0 Å².